The zero-order valence-electron chi connectivity index (χ0n) is 7.64. The first kappa shape index (κ1) is 11.1. The van der Waals surface area contributed by atoms with E-state index in [1.165, 1.54) is 11.3 Å². The molecule has 0 saturated carbocycles. The number of hydrogen-bond acceptors (Lipinski definition) is 2. The van der Waals surface area contributed by atoms with Crippen LogP contribution in [0.25, 0.3) is 0 Å². The van der Waals surface area contributed by atoms with Gasteiger partial charge in [-0.05, 0) is 34.5 Å². The maximum Gasteiger partial charge on any atom is 0.0409 e. The van der Waals surface area contributed by atoms with E-state index in [2.05, 4.69) is 34.3 Å². The minimum atomic E-state index is 0. The van der Waals surface area contributed by atoms with Crippen LogP contribution in [0, 0.1) is 0 Å². The Morgan fingerprint density at radius 1 is 1.07 bits per heavy atom. The third-order valence-corrected chi connectivity index (χ3v) is 2.58. The van der Waals surface area contributed by atoms with Gasteiger partial charge in [0.05, 0.1) is 0 Å². The highest BCUT2D eigenvalue weighted by Crippen LogP contribution is 2.10. The topological polar surface area (TPSA) is 12.0 Å². The Labute approximate surface area is 94.2 Å². The first-order valence-electron chi connectivity index (χ1n) is 4.25. The number of anilines is 1. The summed E-state index contributed by atoms with van der Waals surface area (Å²) in [6, 6.07) is 12.4. The van der Waals surface area contributed by atoms with Crippen LogP contribution in [0.15, 0.2) is 47.2 Å². The molecule has 2 aromatic rings. The van der Waals surface area contributed by atoms with Gasteiger partial charge in [-0.3, -0.25) is 0 Å². The number of nitrogens with one attached hydrogen (secondary N) is 1. The Morgan fingerprint density at radius 3 is 2.50 bits per heavy atom. The summed E-state index contributed by atoms with van der Waals surface area (Å²) in [6.45, 7) is 0.910. The highest BCUT2D eigenvalue weighted by atomic mass is 35.5. The Hall–Kier alpha value is -0.990. The van der Waals surface area contributed by atoms with Gasteiger partial charge in [0.25, 0.3) is 0 Å². The third-order valence-electron chi connectivity index (χ3n) is 1.85. The predicted octanol–water partition coefficient (Wildman–Crippen LogP) is 3.78. The van der Waals surface area contributed by atoms with E-state index in [0.717, 1.165) is 6.54 Å². The molecular weight excluding hydrogens is 214 g/mol. The molecule has 0 unspecified atom stereocenters. The van der Waals surface area contributed by atoms with Gasteiger partial charge in [-0.15, -0.1) is 12.4 Å². The van der Waals surface area contributed by atoms with E-state index >= 15 is 0 Å². The van der Waals surface area contributed by atoms with Crippen LogP contribution >= 0.6 is 23.7 Å². The summed E-state index contributed by atoms with van der Waals surface area (Å²) < 4.78 is 0. The summed E-state index contributed by atoms with van der Waals surface area (Å²) in [4.78, 5) is 0. The lowest BCUT2D eigenvalue weighted by molar-refractivity contribution is 1.16. The van der Waals surface area contributed by atoms with E-state index < -0.39 is 0 Å². The Balaban J connectivity index is 0.000000980. The Kier molecular flexibility index (Phi) is 4.50. The molecule has 3 heteroatoms. The van der Waals surface area contributed by atoms with Crippen molar-refractivity contribution < 1.29 is 0 Å². The zero-order chi connectivity index (χ0) is 8.93. The van der Waals surface area contributed by atoms with E-state index in [-0.39, 0.29) is 12.4 Å². The Bertz CT molecular complexity index is 345. The van der Waals surface area contributed by atoms with Gasteiger partial charge in [-0.25, -0.2) is 0 Å². The Morgan fingerprint density at radius 2 is 1.86 bits per heavy atom. The van der Waals surface area contributed by atoms with Crippen LogP contribution in [0.2, 0.25) is 0 Å². The van der Waals surface area contributed by atoms with E-state index in [1.807, 2.05) is 18.2 Å². The van der Waals surface area contributed by atoms with Crippen LogP contribution in [0.1, 0.15) is 5.56 Å². The molecule has 0 aliphatic rings. The molecule has 0 radical (unpaired) electrons. The quantitative estimate of drug-likeness (QED) is 0.839. The summed E-state index contributed by atoms with van der Waals surface area (Å²) in [6.07, 6.45) is 0. The molecule has 0 fully saturated rings. The van der Waals surface area contributed by atoms with Crippen molar-refractivity contribution in [3.05, 3.63) is 52.7 Å². The average molecular weight is 226 g/mol. The molecule has 0 aliphatic carbocycles. The smallest absolute Gasteiger partial charge is 0.0409 e. The number of rotatable bonds is 3. The summed E-state index contributed by atoms with van der Waals surface area (Å²) in [7, 11) is 0. The largest absolute Gasteiger partial charge is 0.381 e. The molecule has 1 aromatic carbocycles. The van der Waals surface area contributed by atoms with E-state index in [9.17, 15) is 0 Å². The van der Waals surface area contributed by atoms with Gasteiger partial charge in [-0.2, -0.15) is 11.3 Å². The molecule has 74 valence electrons. The number of hydrogen-bond donors (Lipinski definition) is 1. The lowest BCUT2D eigenvalue weighted by atomic mass is 10.3. The van der Waals surface area contributed by atoms with Crippen molar-refractivity contribution in [2.75, 3.05) is 5.32 Å². The van der Waals surface area contributed by atoms with Crippen molar-refractivity contribution >= 4 is 29.4 Å². The highest BCUT2D eigenvalue weighted by molar-refractivity contribution is 7.07. The fraction of sp³-hybridized carbons (Fsp3) is 0.0909. The maximum absolute atomic E-state index is 3.35. The lowest BCUT2D eigenvalue weighted by Gasteiger charge is -2.03. The molecule has 0 spiro atoms. The molecule has 1 heterocycles. The molecule has 1 nitrogen and oxygen atoms in total. The van der Waals surface area contributed by atoms with E-state index in [4.69, 9.17) is 0 Å². The molecule has 1 aromatic heterocycles. The standard InChI is InChI=1S/C11H11NS.ClH/c1-2-4-11(5-3-1)12-8-10-6-7-13-9-10;/h1-7,9,12H,8H2;1H. The number of benzene rings is 1. The first-order valence-corrected chi connectivity index (χ1v) is 5.19. The summed E-state index contributed by atoms with van der Waals surface area (Å²) in [5.74, 6) is 0. The van der Waals surface area contributed by atoms with E-state index in [0.29, 0.717) is 0 Å². The van der Waals surface area contributed by atoms with Gasteiger partial charge >= 0.3 is 0 Å². The van der Waals surface area contributed by atoms with Crippen LogP contribution in [-0.2, 0) is 6.54 Å². The van der Waals surface area contributed by atoms with Crippen LogP contribution in [-0.4, -0.2) is 0 Å². The van der Waals surface area contributed by atoms with E-state index in [1.54, 1.807) is 11.3 Å². The molecule has 14 heavy (non-hydrogen) atoms. The summed E-state index contributed by atoms with van der Waals surface area (Å²) >= 11 is 1.73. The van der Waals surface area contributed by atoms with Gasteiger partial charge in [0.15, 0.2) is 0 Å². The van der Waals surface area contributed by atoms with Crippen LogP contribution in [0.3, 0.4) is 0 Å². The molecule has 0 bridgehead atoms. The van der Waals surface area contributed by atoms with Gasteiger partial charge in [0.2, 0.25) is 0 Å². The van der Waals surface area contributed by atoms with Crippen molar-refractivity contribution in [2.45, 2.75) is 6.54 Å². The average Bonchev–Trinajstić information content (AvgIpc) is 2.69. The molecule has 0 aliphatic heterocycles. The van der Waals surface area contributed by atoms with Crippen LogP contribution in [0.5, 0.6) is 0 Å². The number of para-hydroxylation sites is 1. The molecule has 0 atom stereocenters. The van der Waals surface area contributed by atoms with Crippen molar-refractivity contribution in [3.8, 4) is 0 Å². The molecule has 0 saturated heterocycles. The van der Waals surface area contributed by atoms with Gasteiger partial charge in [-0.1, -0.05) is 18.2 Å². The van der Waals surface area contributed by atoms with Crippen molar-refractivity contribution in [1.29, 1.82) is 0 Å². The van der Waals surface area contributed by atoms with Crippen LogP contribution in [0.4, 0.5) is 5.69 Å². The fourth-order valence-electron chi connectivity index (χ4n) is 1.15. The van der Waals surface area contributed by atoms with Crippen LogP contribution < -0.4 is 5.32 Å². The number of thiophene rings is 1. The van der Waals surface area contributed by atoms with Gasteiger partial charge in [0.1, 0.15) is 0 Å². The summed E-state index contributed by atoms with van der Waals surface area (Å²) in [5, 5.41) is 7.62. The third kappa shape index (κ3) is 3.05. The van der Waals surface area contributed by atoms with Crippen molar-refractivity contribution in [2.24, 2.45) is 0 Å². The first-order chi connectivity index (χ1) is 6.45. The molecule has 2 rings (SSSR count). The number of halogens is 1. The molecule has 0 amide bonds. The normalized spacial score (nSPS) is 9.14. The maximum atomic E-state index is 3.35. The zero-order valence-corrected chi connectivity index (χ0v) is 9.28. The SMILES string of the molecule is Cl.c1ccc(NCc2ccsc2)cc1. The molecular formula is C11H12ClNS. The van der Waals surface area contributed by atoms with Crippen molar-refractivity contribution in [3.63, 3.8) is 0 Å². The predicted molar refractivity (Wildman–Crippen MR) is 65.3 cm³/mol. The summed E-state index contributed by atoms with van der Waals surface area (Å²) in [5.41, 5.74) is 2.52. The highest BCUT2D eigenvalue weighted by Gasteiger charge is 1.92. The fourth-order valence-corrected chi connectivity index (χ4v) is 1.82. The van der Waals surface area contributed by atoms with Gasteiger partial charge in [0, 0.05) is 12.2 Å². The second-order valence-electron chi connectivity index (χ2n) is 2.85. The molecule has 1 N–H and O–H groups in total. The monoisotopic (exact) mass is 225 g/mol. The minimum absolute atomic E-state index is 0. The van der Waals surface area contributed by atoms with Gasteiger partial charge < -0.3 is 5.32 Å². The second kappa shape index (κ2) is 5.68. The lowest BCUT2D eigenvalue weighted by Crippen LogP contribution is -1.96. The minimum Gasteiger partial charge on any atom is -0.381 e. The van der Waals surface area contributed by atoms with Crippen molar-refractivity contribution in [1.82, 2.24) is 0 Å². The second-order valence-corrected chi connectivity index (χ2v) is 3.63.